The van der Waals surface area contributed by atoms with Gasteiger partial charge in [-0.25, -0.2) is 9.18 Å². The van der Waals surface area contributed by atoms with Gasteiger partial charge in [-0.05, 0) is 36.2 Å². The SMILES string of the molecule is O=C(NCc1ccccc1)N1CCC(c2noc(COc3ccc(F)cc3)n2)C1. The molecular weight excluding hydrogens is 375 g/mol. The molecule has 7 nitrogen and oxygen atoms in total. The highest BCUT2D eigenvalue weighted by molar-refractivity contribution is 5.74. The first-order chi connectivity index (χ1) is 14.2. The van der Waals surface area contributed by atoms with Gasteiger partial charge in [0, 0.05) is 25.6 Å². The molecule has 1 aliphatic rings. The van der Waals surface area contributed by atoms with Gasteiger partial charge in [0.2, 0.25) is 0 Å². The van der Waals surface area contributed by atoms with Gasteiger partial charge in [-0.3, -0.25) is 0 Å². The number of halogens is 1. The zero-order chi connectivity index (χ0) is 20.1. The number of benzene rings is 2. The number of ether oxygens (including phenoxy) is 1. The molecule has 0 spiro atoms. The normalized spacial score (nSPS) is 16.0. The Balaban J connectivity index is 1.26. The van der Waals surface area contributed by atoms with E-state index in [-0.39, 0.29) is 24.4 Å². The first-order valence-corrected chi connectivity index (χ1v) is 9.45. The smallest absolute Gasteiger partial charge is 0.317 e. The Hall–Kier alpha value is -3.42. The third-order valence-electron chi connectivity index (χ3n) is 4.79. The quantitative estimate of drug-likeness (QED) is 0.690. The maximum absolute atomic E-state index is 12.9. The summed E-state index contributed by atoms with van der Waals surface area (Å²) in [5.74, 6) is 1.14. The summed E-state index contributed by atoms with van der Waals surface area (Å²) in [4.78, 5) is 18.5. The highest BCUT2D eigenvalue weighted by Crippen LogP contribution is 2.25. The number of aromatic nitrogens is 2. The van der Waals surface area contributed by atoms with E-state index >= 15 is 0 Å². The van der Waals surface area contributed by atoms with Crippen molar-refractivity contribution < 1.29 is 18.4 Å². The topological polar surface area (TPSA) is 80.5 Å². The van der Waals surface area contributed by atoms with Crippen LogP contribution in [0.4, 0.5) is 9.18 Å². The summed E-state index contributed by atoms with van der Waals surface area (Å²) < 4.78 is 23.7. The van der Waals surface area contributed by atoms with Crippen molar-refractivity contribution in [2.24, 2.45) is 0 Å². The monoisotopic (exact) mass is 396 g/mol. The Kier molecular flexibility index (Phi) is 5.69. The maximum atomic E-state index is 12.9. The number of rotatable bonds is 6. The van der Waals surface area contributed by atoms with Gasteiger partial charge in [-0.15, -0.1) is 0 Å². The van der Waals surface area contributed by atoms with Crippen molar-refractivity contribution in [1.29, 1.82) is 0 Å². The summed E-state index contributed by atoms with van der Waals surface area (Å²) in [5.41, 5.74) is 1.06. The van der Waals surface area contributed by atoms with Gasteiger partial charge in [0.15, 0.2) is 12.4 Å². The van der Waals surface area contributed by atoms with Gasteiger partial charge in [-0.1, -0.05) is 35.5 Å². The van der Waals surface area contributed by atoms with Crippen LogP contribution in [0.2, 0.25) is 0 Å². The summed E-state index contributed by atoms with van der Waals surface area (Å²) >= 11 is 0. The molecule has 29 heavy (non-hydrogen) atoms. The fraction of sp³-hybridized carbons (Fsp3) is 0.286. The number of nitrogens with one attached hydrogen (secondary N) is 1. The minimum Gasteiger partial charge on any atom is -0.484 e. The average Bonchev–Trinajstić information content (AvgIpc) is 3.42. The Morgan fingerprint density at radius 2 is 2.00 bits per heavy atom. The standard InChI is InChI=1S/C21H21FN4O3/c22-17-6-8-18(9-7-17)28-14-19-24-20(25-29-19)16-10-11-26(13-16)21(27)23-12-15-4-2-1-3-5-15/h1-9,16H,10-14H2,(H,23,27). The number of amides is 2. The lowest BCUT2D eigenvalue weighted by atomic mass is 10.1. The van der Waals surface area contributed by atoms with Crippen LogP contribution in [-0.2, 0) is 13.2 Å². The van der Waals surface area contributed by atoms with E-state index in [4.69, 9.17) is 9.26 Å². The molecule has 2 amide bonds. The van der Waals surface area contributed by atoms with Crippen molar-refractivity contribution in [3.05, 3.63) is 77.7 Å². The van der Waals surface area contributed by atoms with Crippen molar-refractivity contribution in [2.75, 3.05) is 13.1 Å². The second-order valence-electron chi connectivity index (χ2n) is 6.86. The second kappa shape index (κ2) is 8.72. The number of carbonyl (C=O) groups excluding carboxylic acids is 1. The van der Waals surface area contributed by atoms with Crippen molar-refractivity contribution in [1.82, 2.24) is 20.4 Å². The van der Waals surface area contributed by atoms with Gasteiger partial charge in [0.25, 0.3) is 5.89 Å². The predicted octanol–water partition coefficient (Wildman–Crippen LogP) is 3.49. The van der Waals surface area contributed by atoms with Crippen LogP contribution < -0.4 is 10.1 Å². The van der Waals surface area contributed by atoms with E-state index in [1.54, 1.807) is 4.90 Å². The van der Waals surface area contributed by atoms with Gasteiger partial charge in [0.05, 0.1) is 0 Å². The van der Waals surface area contributed by atoms with Gasteiger partial charge < -0.3 is 19.5 Å². The van der Waals surface area contributed by atoms with Crippen LogP contribution in [0.15, 0.2) is 59.1 Å². The number of hydrogen-bond donors (Lipinski definition) is 1. The first-order valence-electron chi connectivity index (χ1n) is 9.45. The van der Waals surface area contributed by atoms with E-state index in [2.05, 4.69) is 15.5 Å². The first kappa shape index (κ1) is 18.9. The molecule has 2 aromatic carbocycles. The molecule has 1 aliphatic heterocycles. The minimum absolute atomic E-state index is 0.0285. The highest BCUT2D eigenvalue weighted by Gasteiger charge is 2.30. The number of carbonyl (C=O) groups is 1. The van der Waals surface area contributed by atoms with Gasteiger partial charge in [-0.2, -0.15) is 4.98 Å². The lowest BCUT2D eigenvalue weighted by Crippen LogP contribution is -2.38. The molecule has 1 unspecified atom stereocenters. The highest BCUT2D eigenvalue weighted by atomic mass is 19.1. The molecule has 4 rings (SSSR count). The Morgan fingerprint density at radius 3 is 2.79 bits per heavy atom. The molecule has 0 aliphatic carbocycles. The molecule has 1 fully saturated rings. The molecule has 0 bridgehead atoms. The van der Waals surface area contributed by atoms with E-state index in [0.29, 0.717) is 37.1 Å². The molecule has 0 saturated carbocycles. The molecule has 1 N–H and O–H groups in total. The Morgan fingerprint density at radius 1 is 1.21 bits per heavy atom. The van der Waals surface area contributed by atoms with Crippen molar-refractivity contribution >= 4 is 6.03 Å². The summed E-state index contributed by atoms with van der Waals surface area (Å²) in [6.07, 6.45) is 0.774. The lowest BCUT2D eigenvalue weighted by molar-refractivity contribution is 0.207. The molecule has 1 atom stereocenters. The van der Waals surface area contributed by atoms with Crippen molar-refractivity contribution in [3.8, 4) is 5.75 Å². The zero-order valence-corrected chi connectivity index (χ0v) is 15.8. The summed E-state index contributed by atoms with van der Waals surface area (Å²) in [6.45, 7) is 1.78. The second-order valence-corrected chi connectivity index (χ2v) is 6.86. The Labute approximate surface area is 167 Å². The van der Waals surface area contributed by atoms with Crippen LogP contribution in [-0.4, -0.2) is 34.2 Å². The molecule has 2 heterocycles. The molecular formula is C21H21FN4O3. The van der Waals surface area contributed by atoms with E-state index in [1.807, 2.05) is 30.3 Å². The fourth-order valence-corrected chi connectivity index (χ4v) is 3.21. The van der Waals surface area contributed by atoms with E-state index in [0.717, 1.165) is 12.0 Å². The molecule has 1 saturated heterocycles. The van der Waals surface area contributed by atoms with Crippen LogP contribution in [0.5, 0.6) is 5.75 Å². The van der Waals surface area contributed by atoms with Crippen molar-refractivity contribution in [3.63, 3.8) is 0 Å². The molecule has 8 heteroatoms. The number of nitrogens with zero attached hydrogens (tertiary/aromatic N) is 3. The number of hydrogen-bond acceptors (Lipinski definition) is 5. The summed E-state index contributed by atoms with van der Waals surface area (Å²) in [7, 11) is 0. The van der Waals surface area contributed by atoms with Gasteiger partial charge in [0.1, 0.15) is 11.6 Å². The number of urea groups is 1. The fourth-order valence-electron chi connectivity index (χ4n) is 3.21. The maximum Gasteiger partial charge on any atom is 0.317 e. The largest absolute Gasteiger partial charge is 0.484 e. The summed E-state index contributed by atoms with van der Waals surface area (Å²) in [5, 5.41) is 6.96. The van der Waals surface area contributed by atoms with Crippen LogP contribution in [0, 0.1) is 5.82 Å². The summed E-state index contributed by atoms with van der Waals surface area (Å²) in [6, 6.07) is 15.4. The predicted molar refractivity (Wildman–Crippen MR) is 103 cm³/mol. The van der Waals surface area contributed by atoms with E-state index in [1.165, 1.54) is 24.3 Å². The van der Waals surface area contributed by atoms with Crippen LogP contribution in [0.1, 0.15) is 29.6 Å². The van der Waals surface area contributed by atoms with Crippen LogP contribution in [0.25, 0.3) is 0 Å². The lowest BCUT2D eigenvalue weighted by Gasteiger charge is -2.16. The number of likely N-dealkylation sites (tertiary alicyclic amines) is 1. The molecule has 3 aromatic rings. The van der Waals surface area contributed by atoms with E-state index in [9.17, 15) is 9.18 Å². The Bertz CT molecular complexity index is 946. The van der Waals surface area contributed by atoms with Gasteiger partial charge >= 0.3 is 6.03 Å². The molecule has 0 radical (unpaired) electrons. The average molecular weight is 396 g/mol. The third kappa shape index (κ3) is 4.90. The van der Waals surface area contributed by atoms with Crippen molar-refractivity contribution in [2.45, 2.75) is 25.5 Å². The van der Waals surface area contributed by atoms with Crippen LogP contribution in [0.3, 0.4) is 0 Å². The van der Waals surface area contributed by atoms with Crippen LogP contribution >= 0.6 is 0 Å². The third-order valence-corrected chi connectivity index (χ3v) is 4.79. The zero-order valence-electron chi connectivity index (χ0n) is 15.8. The molecule has 150 valence electrons. The van der Waals surface area contributed by atoms with E-state index < -0.39 is 0 Å². The molecule has 1 aromatic heterocycles. The minimum atomic E-state index is -0.323.